The molecule has 2 N–H and O–H groups in total. The summed E-state index contributed by atoms with van der Waals surface area (Å²) in [5.74, 6) is 0.588. The fraction of sp³-hybridized carbons (Fsp3) is 0.167. The number of aromatic nitrogens is 2. The van der Waals surface area contributed by atoms with Gasteiger partial charge in [-0.05, 0) is 19.1 Å². The van der Waals surface area contributed by atoms with Gasteiger partial charge in [0.15, 0.2) is 0 Å². The van der Waals surface area contributed by atoms with Gasteiger partial charge in [-0.1, -0.05) is 6.07 Å². The number of ether oxygens (including phenoxy) is 1. The lowest BCUT2D eigenvalue weighted by molar-refractivity contribution is 0.446. The van der Waals surface area contributed by atoms with E-state index < -0.39 is 0 Å². The molecule has 0 atom stereocenters. The van der Waals surface area contributed by atoms with E-state index in [9.17, 15) is 4.79 Å². The molecule has 0 saturated heterocycles. The molecular formula is C12H13N3O2. The molecule has 0 spiro atoms. The molecule has 5 heteroatoms. The summed E-state index contributed by atoms with van der Waals surface area (Å²) in [6.45, 7) is 1.83. The Balaban J connectivity index is 2.42. The van der Waals surface area contributed by atoms with Crippen molar-refractivity contribution in [1.82, 2.24) is 9.55 Å². The van der Waals surface area contributed by atoms with Crippen molar-refractivity contribution in [3.63, 3.8) is 0 Å². The van der Waals surface area contributed by atoms with Crippen LogP contribution in [0.1, 0.15) is 5.56 Å². The Hall–Kier alpha value is -2.30. The van der Waals surface area contributed by atoms with Crippen molar-refractivity contribution in [2.75, 3.05) is 5.73 Å². The topological polar surface area (TPSA) is 70.1 Å². The van der Waals surface area contributed by atoms with Crippen LogP contribution in [0.15, 0.2) is 35.4 Å². The predicted octanol–water partition coefficient (Wildman–Crippen LogP) is 1.46. The number of rotatable bonds is 2. The van der Waals surface area contributed by atoms with Crippen molar-refractivity contribution in [3.05, 3.63) is 46.5 Å². The highest BCUT2D eigenvalue weighted by molar-refractivity contribution is 5.53. The largest absolute Gasteiger partial charge is 0.434 e. The normalized spacial score (nSPS) is 10.2. The number of nitrogen functional groups attached to an aromatic ring is 1. The molecule has 5 nitrogen and oxygen atoms in total. The van der Waals surface area contributed by atoms with Crippen molar-refractivity contribution in [1.29, 1.82) is 0 Å². The lowest BCUT2D eigenvalue weighted by atomic mass is 10.2. The average Bonchev–Trinajstić information content (AvgIpc) is 2.31. The van der Waals surface area contributed by atoms with Crippen LogP contribution in [0.4, 0.5) is 5.69 Å². The minimum atomic E-state index is -0.283. The zero-order chi connectivity index (χ0) is 12.4. The van der Waals surface area contributed by atoms with Crippen LogP contribution in [0.3, 0.4) is 0 Å². The van der Waals surface area contributed by atoms with Gasteiger partial charge in [0.1, 0.15) is 5.75 Å². The van der Waals surface area contributed by atoms with Gasteiger partial charge < -0.3 is 15.0 Å². The van der Waals surface area contributed by atoms with Crippen LogP contribution < -0.4 is 16.0 Å². The molecule has 0 aliphatic heterocycles. The molecule has 0 radical (unpaired) electrons. The summed E-state index contributed by atoms with van der Waals surface area (Å²) in [6.07, 6.45) is 3.08. The van der Waals surface area contributed by atoms with Crippen molar-refractivity contribution in [2.45, 2.75) is 6.92 Å². The second kappa shape index (κ2) is 4.29. The number of hydrogen-bond donors (Lipinski definition) is 1. The Morgan fingerprint density at radius 1 is 1.41 bits per heavy atom. The van der Waals surface area contributed by atoms with Crippen molar-refractivity contribution >= 4 is 5.69 Å². The summed E-state index contributed by atoms with van der Waals surface area (Å²) >= 11 is 0. The first-order valence-corrected chi connectivity index (χ1v) is 5.14. The maximum Gasteiger partial charge on any atom is 0.313 e. The number of hydrogen-bond acceptors (Lipinski definition) is 4. The van der Waals surface area contributed by atoms with E-state index in [0.29, 0.717) is 11.4 Å². The van der Waals surface area contributed by atoms with Gasteiger partial charge in [0.2, 0.25) is 0 Å². The van der Waals surface area contributed by atoms with Crippen LogP contribution in [0.5, 0.6) is 11.6 Å². The first-order valence-electron chi connectivity index (χ1n) is 5.14. The third-order valence-corrected chi connectivity index (χ3v) is 2.52. The Morgan fingerprint density at radius 3 is 2.94 bits per heavy atom. The van der Waals surface area contributed by atoms with Crippen molar-refractivity contribution < 1.29 is 4.74 Å². The molecule has 0 unspecified atom stereocenters. The van der Waals surface area contributed by atoms with E-state index >= 15 is 0 Å². The maximum absolute atomic E-state index is 11.7. The summed E-state index contributed by atoms with van der Waals surface area (Å²) in [4.78, 5) is 15.6. The number of nitrogens with zero attached hydrogens (tertiary/aromatic N) is 2. The summed E-state index contributed by atoms with van der Waals surface area (Å²) in [6, 6.07) is 5.30. The minimum absolute atomic E-state index is 0.0451. The van der Waals surface area contributed by atoms with E-state index in [1.54, 1.807) is 31.4 Å². The molecule has 0 saturated carbocycles. The molecule has 0 fully saturated rings. The number of aryl methyl sites for hydroxylation is 1. The maximum atomic E-state index is 11.7. The highest BCUT2D eigenvalue weighted by Gasteiger charge is 2.08. The van der Waals surface area contributed by atoms with Gasteiger partial charge in [0, 0.05) is 30.7 Å². The minimum Gasteiger partial charge on any atom is -0.434 e. The van der Waals surface area contributed by atoms with E-state index in [1.807, 2.05) is 6.92 Å². The Kier molecular flexibility index (Phi) is 2.82. The molecule has 1 heterocycles. The molecule has 17 heavy (non-hydrogen) atoms. The molecule has 0 amide bonds. The Morgan fingerprint density at radius 2 is 2.18 bits per heavy atom. The van der Waals surface area contributed by atoms with Gasteiger partial charge in [-0.25, -0.2) is 4.98 Å². The Bertz CT molecular complexity index is 605. The number of nitrogens with two attached hydrogens (primary N) is 1. The standard InChI is InChI=1S/C12H13N3O2/c1-8-9(13)4-3-5-10(8)17-11-12(16)15(2)7-6-14-11/h3-7H,13H2,1-2H3. The molecule has 0 aliphatic rings. The van der Waals surface area contributed by atoms with Crippen LogP contribution in [0.2, 0.25) is 0 Å². The first kappa shape index (κ1) is 11.2. The SMILES string of the molecule is Cc1c(N)cccc1Oc1nccn(C)c1=O. The fourth-order valence-corrected chi connectivity index (χ4v) is 1.39. The van der Waals surface area contributed by atoms with Gasteiger partial charge in [-0.15, -0.1) is 0 Å². The van der Waals surface area contributed by atoms with Crippen molar-refractivity contribution in [2.24, 2.45) is 7.05 Å². The van der Waals surface area contributed by atoms with E-state index in [1.165, 1.54) is 10.8 Å². The summed E-state index contributed by atoms with van der Waals surface area (Å²) in [7, 11) is 1.64. The quantitative estimate of drug-likeness (QED) is 0.794. The van der Waals surface area contributed by atoms with Gasteiger partial charge in [-0.2, -0.15) is 0 Å². The number of benzene rings is 1. The first-order chi connectivity index (χ1) is 8.09. The lowest BCUT2D eigenvalue weighted by Crippen LogP contribution is -2.18. The van der Waals surface area contributed by atoms with E-state index in [2.05, 4.69) is 4.98 Å². The molecule has 1 aromatic heterocycles. The van der Waals surface area contributed by atoms with Crippen LogP contribution in [-0.2, 0) is 7.05 Å². The van der Waals surface area contributed by atoms with Gasteiger partial charge in [0.05, 0.1) is 0 Å². The molecule has 2 aromatic rings. The predicted molar refractivity (Wildman–Crippen MR) is 65.1 cm³/mol. The van der Waals surface area contributed by atoms with Crippen molar-refractivity contribution in [3.8, 4) is 11.6 Å². The summed E-state index contributed by atoms with van der Waals surface area (Å²) in [5, 5.41) is 0. The van der Waals surface area contributed by atoms with Crippen LogP contribution in [-0.4, -0.2) is 9.55 Å². The van der Waals surface area contributed by atoms with Gasteiger partial charge >= 0.3 is 5.56 Å². The van der Waals surface area contributed by atoms with Crippen LogP contribution in [0, 0.1) is 6.92 Å². The number of anilines is 1. The smallest absolute Gasteiger partial charge is 0.313 e. The van der Waals surface area contributed by atoms with E-state index in [-0.39, 0.29) is 11.4 Å². The third-order valence-electron chi connectivity index (χ3n) is 2.52. The van der Waals surface area contributed by atoms with Crippen LogP contribution in [0.25, 0.3) is 0 Å². The summed E-state index contributed by atoms with van der Waals surface area (Å²) in [5.41, 5.74) is 6.89. The molecule has 0 bridgehead atoms. The molecule has 88 valence electrons. The molecule has 2 rings (SSSR count). The Labute approximate surface area is 98.5 Å². The zero-order valence-corrected chi connectivity index (χ0v) is 9.68. The molecule has 0 aliphatic carbocycles. The molecular weight excluding hydrogens is 218 g/mol. The van der Waals surface area contributed by atoms with Gasteiger partial charge in [-0.3, -0.25) is 4.79 Å². The second-order valence-electron chi connectivity index (χ2n) is 3.72. The zero-order valence-electron chi connectivity index (χ0n) is 9.68. The molecule has 1 aromatic carbocycles. The van der Waals surface area contributed by atoms with E-state index in [4.69, 9.17) is 10.5 Å². The van der Waals surface area contributed by atoms with Crippen LogP contribution >= 0.6 is 0 Å². The highest BCUT2D eigenvalue weighted by atomic mass is 16.5. The fourth-order valence-electron chi connectivity index (χ4n) is 1.39. The van der Waals surface area contributed by atoms with E-state index in [0.717, 1.165) is 5.56 Å². The lowest BCUT2D eigenvalue weighted by Gasteiger charge is -2.09. The average molecular weight is 231 g/mol. The summed E-state index contributed by atoms with van der Waals surface area (Å²) < 4.78 is 6.88. The second-order valence-corrected chi connectivity index (χ2v) is 3.72. The van der Waals surface area contributed by atoms with Gasteiger partial charge in [0.25, 0.3) is 5.88 Å². The third kappa shape index (κ3) is 2.13. The highest BCUT2D eigenvalue weighted by Crippen LogP contribution is 2.25. The monoisotopic (exact) mass is 231 g/mol.